The van der Waals surface area contributed by atoms with Crippen molar-refractivity contribution in [1.82, 2.24) is 15.1 Å². The molecule has 1 N–H and O–H groups in total. The molecule has 0 unspecified atom stereocenters. The highest BCUT2D eigenvalue weighted by molar-refractivity contribution is 6.35. The van der Waals surface area contributed by atoms with E-state index in [9.17, 15) is 4.79 Å². The molecule has 0 spiro atoms. The second-order valence-electron chi connectivity index (χ2n) is 6.51. The monoisotopic (exact) mass is 391 g/mol. The fraction of sp³-hybridized carbons (Fsp3) is 0.350. The minimum Gasteiger partial charge on any atom is -0.351 e. The van der Waals surface area contributed by atoms with Crippen molar-refractivity contribution in [2.45, 2.75) is 13.1 Å². The van der Waals surface area contributed by atoms with Gasteiger partial charge in [0.05, 0.1) is 6.54 Å². The molecule has 0 aromatic heterocycles. The first-order valence-electron chi connectivity index (χ1n) is 8.80. The Kier molecular flexibility index (Phi) is 6.92. The molecule has 3 rings (SSSR count). The van der Waals surface area contributed by atoms with Gasteiger partial charge in [-0.2, -0.15) is 0 Å². The number of rotatable bonds is 6. The zero-order chi connectivity index (χ0) is 18.4. The molecule has 0 atom stereocenters. The van der Waals surface area contributed by atoms with Gasteiger partial charge in [-0.15, -0.1) is 0 Å². The van der Waals surface area contributed by atoms with Crippen LogP contribution in [0.25, 0.3) is 0 Å². The van der Waals surface area contributed by atoms with E-state index < -0.39 is 0 Å². The minimum absolute atomic E-state index is 0.0662. The molecule has 1 amide bonds. The van der Waals surface area contributed by atoms with Gasteiger partial charge in [0, 0.05) is 54.9 Å². The average molecular weight is 392 g/mol. The van der Waals surface area contributed by atoms with Crippen molar-refractivity contribution < 1.29 is 4.79 Å². The Hall–Kier alpha value is -1.59. The van der Waals surface area contributed by atoms with E-state index in [-0.39, 0.29) is 5.91 Å². The molecular formula is C20H23Cl2N3O. The fourth-order valence-electron chi connectivity index (χ4n) is 3.07. The van der Waals surface area contributed by atoms with Gasteiger partial charge in [0.25, 0.3) is 0 Å². The van der Waals surface area contributed by atoms with Gasteiger partial charge in [-0.25, -0.2) is 0 Å². The maximum atomic E-state index is 12.1. The molecule has 1 saturated heterocycles. The zero-order valence-electron chi connectivity index (χ0n) is 14.6. The summed E-state index contributed by atoms with van der Waals surface area (Å²) in [7, 11) is 0. The van der Waals surface area contributed by atoms with Gasteiger partial charge in [0.15, 0.2) is 0 Å². The van der Waals surface area contributed by atoms with E-state index in [0.717, 1.165) is 43.9 Å². The van der Waals surface area contributed by atoms with E-state index in [2.05, 4.69) is 15.1 Å². The summed E-state index contributed by atoms with van der Waals surface area (Å²) >= 11 is 12.5. The lowest BCUT2D eigenvalue weighted by Crippen LogP contribution is -2.49. The van der Waals surface area contributed by atoms with Gasteiger partial charge in [-0.1, -0.05) is 59.6 Å². The molecule has 0 saturated carbocycles. The van der Waals surface area contributed by atoms with Gasteiger partial charge in [0.1, 0.15) is 0 Å². The molecule has 1 fully saturated rings. The summed E-state index contributed by atoms with van der Waals surface area (Å²) in [5.41, 5.74) is 2.09. The number of hydrogen-bond donors (Lipinski definition) is 1. The maximum Gasteiger partial charge on any atom is 0.234 e. The van der Waals surface area contributed by atoms with Crippen molar-refractivity contribution in [2.75, 3.05) is 32.7 Å². The molecule has 26 heavy (non-hydrogen) atoms. The number of nitrogens with one attached hydrogen (secondary N) is 1. The lowest BCUT2D eigenvalue weighted by atomic mass is 10.2. The minimum atomic E-state index is 0.0662. The normalized spacial score (nSPS) is 15.8. The number of halogens is 2. The Bertz CT molecular complexity index is 711. The number of carbonyl (C=O) groups is 1. The molecule has 1 heterocycles. The topological polar surface area (TPSA) is 35.6 Å². The molecule has 0 aliphatic carbocycles. The van der Waals surface area contributed by atoms with E-state index in [4.69, 9.17) is 23.2 Å². The summed E-state index contributed by atoms with van der Waals surface area (Å²) in [4.78, 5) is 16.7. The van der Waals surface area contributed by atoms with E-state index in [0.29, 0.717) is 23.1 Å². The highest BCUT2D eigenvalue weighted by Crippen LogP contribution is 2.26. The summed E-state index contributed by atoms with van der Waals surface area (Å²) in [5.74, 6) is 0.0662. The smallest absolute Gasteiger partial charge is 0.234 e. The number of piperazine rings is 1. The third-order valence-corrected chi connectivity index (χ3v) is 5.32. The van der Waals surface area contributed by atoms with Crippen molar-refractivity contribution in [2.24, 2.45) is 0 Å². The van der Waals surface area contributed by atoms with Crippen LogP contribution in [0.3, 0.4) is 0 Å². The molecule has 0 bridgehead atoms. The Morgan fingerprint density at radius 3 is 2.15 bits per heavy atom. The van der Waals surface area contributed by atoms with E-state index in [1.807, 2.05) is 48.5 Å². The first-order chi connectivity index (χ1) is 12.6. The van der Waals surface area contributed by atoms with Crippen LogP contribution in [0.15, 0.2) is 48.5 Å². The Balaban J connectivity index is 1.41. The van der Waals surface area contributed by atoms with Gasteiger partial charge in [0.2, 0.25) is 5.91 Å². The van der Waals surface area contributed by atoms with Crippen LogP contribution in [-0.2, 0) is 17.9 Å². The molecule has 4 nitrogen and oxygen atoms in total. The second-order valence-corrected chi connectivity index (χ2v) is 7.33. The summed E-state index contributed by atoms with van der Waals surface area (Å²) < 4.78 is 0. The lowest BCUT2D eigenvalue weighted by molar-refractivity contribution is -0.122. The highest BCUT2D eigenvalue weighted by Gasteiger charge is 2.20. The Morgan fingerprint density at radius 1 is 0.885 bits per heavy atom. The van der Waals surface area contributed by atoms with E-state index >= 15 is 0 Å². The number of benzene rings is 2. The third-order valence-electron chi connectivity index (χ3n) is 4.61. The molecule has 138 valence electrons. The quantitative estimate of drug-likeness (QED) is 0.818. The first kappa shape index (κ1) is 19.2. The largest absolute Gasteiger partial charge is 0.351 e. The van der Waals surface area contributed by atoms with Crippen LogP contribution in [0.5, 0.6) is 0 Å². The average Bonchev–Trinajstić information content (AvgIpc) is 2.65. The van der Waals surface area contributed by atoms with Gasteiger partial charge in [-0.3, -0.25) is 14.6 Å². The van der Waals surface area contributed by atoms with Crippen LogP contribution in [-0.4, -0.2) is 48.4 Å². The number of carbonyl (C=O) groups excluding carboxylic acids is 1. The summed E-state index contributed by atoms with van der Waals surface area (Å²) in [6.45, 7) is 5.27. The van der Waals surface area contributed by atoms with Crippen molar-refractivity contribution >= 4 is 29.1 Å². The third kappa shape index (κ3) is 5.45. The van der Waals surface area contributed by atoms with Crippen molar-refractivity contribution in [3.8, 4) is 0 Å². The van der Waals surface area contributed by atoms with Gasteiger partial charge < -0.3 is 5.32 Å². The van der Waals surface area contributed by atoms with Crippen LogP contribution in [0.4, 0.5) is 0 Å². The van der Waals surface area contributed by atoms with Crippen LogP contribution >= 0.6 is 23.2 Å². The first-order valence-corrected chi connectivity index (χ1v) is 9.55. The van der Waals surface area contributed by atoms with Gasteiger partial charge >= 0.3 is 0 Å². The standard InChI is InChI=1S/C20H23Cl2N3O/c21-18-7-4-8-19(22)17(18)14-24-9-11-25(12-10-24)15-20(26)23-13-16-5-2-1-3-6-16/h1-8H,9-15H2,(H,23,26). The number of amides is 1. The maximum absolute atomic E-state index is 12.1. The van der Waals surface area contributed by atoms with E-state index in [1.165, 1.54) is 0 Å². The molecule has 0 radical (unpaired) electrons. The summed E-state index contributed by atoms with van der Waals surface area (Å²) in [5, 5.41) is 4.40. The predicted molar refractivity (Wildman–Crippen MR) is 106 cm³/mol. The van der Waals surface area contributed by atoms with Crippen LogP contribution in [0, 0.1) is 0 Å². The SMILES string of the molecule is O=C(CN1CCN(Cc2c(Cl)cccc2Cl)CC1)NCc1ccccc1. The Labute approximate surface area is 164 Å². The lowest BCUT2D eigenvalue weighted by Gasteiger charge is -2.34. The van der Waals surface area contributed by atoms with Crippen LogP contribution < -0.4 is 5.32 Å². The molecule has 2 aromatic carbocycles. The van der Waals surface area contributed by atoms with E-state index in [1.54, 1.807) is 0 Å². The molecule has 2 aromatic rings. The highest BCUT2D eigenvalue weighted by atomic mass is 35.5. The summed E-state index contributed by atoms with van der Waals surface area (Å²) in [6, 6.07) is 15.6. The molecule has 1 aliphatic rings. The zero-order valence-corrected chi connectivity index (χ0v) is 16.1. The summed E-state index contributed by atoms with van der Waals surface area (Å²) in [6.07, 6.45) is 0. The van der Waals surface area contributed by atoms with Crippen molar-refractivity contribution in [3.05, 3.63) is 69.7 Å². The number of hydrogen-bond acceptors (Lipinski definition) is 3. The molecule has 1 aliphatic heterocycles. The Morgan fingerprint density at radius 2 is 1.50 bits per heavy atom. The van der Waals surface area contributed by atoms with Gasteiger partial charge in [-0.05, 0) is 17.7 Å². The fourth-order valence-corrected chi connectivity index (χ4v) is 3.58. The molecular weight excluding hydrogens is 369 g/mol. The number of nitrogens with zero attached hydrogens (tertiary/aromatic N) is 2. The van der Waals surface area contributed by atoms with Crippen molar-refractivity contribution in [1.29, 1.82) is 0 Å². The van der Waals surface area contributed by atoms with Crippen molar-refractivity contribution in [3.63, 3.8) is 0 Å². The van der Waals surface area contributed by atoms with Crippen LogP contribution in [0.2, 0.25) is 10.0 Å². The van der Waals surface area contributed by atoms with Crippen LogP contribution in [0.1, 0.15) is 11.1 Å². The second kappa shape index (κ2) is 9.38. The molecule has 6 heteroatoms. The predicted octanol–water partition coefficient (Wildman–Crippen LogP) is 3.43.